The summed E-state index contributed by atoms with van der Waals surface area (Å²) in [6, 6.07) is 17.0. The lowest BCUT2D eigenvalue weighted by atomic mass is 10.1. The van der Waals surface area contributed by atoms with Crippen LogP contribution in [0.5, 0.6) is 17.4 Å². The highest BCUT2D eigenvalue weighted by Crippen LogP contribution is 2.32. The quantitative estimate of drug-likeness (QED) is 0.367. The Bertz CT molecular complexity index is 1540. The lowest BCUT2D eigenvalue weighted by Gasteiger charge is -2.14. The standard InChI is InChI=1S/C18H17N3O2S.C9H12O3S/c1-22-13-4-9-16-17(10-13)20-11-21-18(16)23-12-2-5-14(6-3-12)24(19)15-7-8-15;1-6-4-7(2)9(8(3)5-6)13(10,11)12/h2-6,9-11,15,19H,7-8H2,1H3;4-5H,1-3H3,(H,10,11,12). The van der Waals surface area contributed by atoms with E-state index >= 15 is 0 Å². The van der Waals surface area contributed by atoms with E-state index in [4.69, 9.17) is 14.3 Å². The fourth-order valence-corrected chi connectivity index (χ4v) is 6.46. The highest BCUT2D eigenvalue weighted by atomic mass is 32.2. The Morgan fingerprint density at radius 3 is 2.14 bits per heavy atom. The lowest BCUT2D eigenvalue weighted by molar-refractivity contribution is -0.0760. The van der Waals surface area contributed by atoms with Crippen molar-refractivity contribution in [2.24, 2.45) is 0 Å². The van der Waals surface area contributed by atoms with Gasteiger partial charge in [-0.2, -0.15) is 0 Å². The summed E-state index contributed by atoms with van der Waals surface area (Å²) in [7, 11) is -2.85. The van der Waals surface area contributed by atoms with Gasteiger partial charge in [-0.1, -0.05) is 17.7 Å². The molecule has 0 aliphatic heterocycles. The second-order valence-corrected chi connectivity index (χ2v) is 12.1. The summed E-state index contributed by atoms with van der Waals surface area (Å²) in [5.74, 6) is 2.03. The van der Waals surface area contributed by atoms with Gasteiger partial charge in [0.05, 0.1) is 43.7 Å². The van der Waals surface area contributed by atoms with E-state index in [1.54, 1.807) is 33.1 Å². The Balaban J connectivity index is 0.000000209. The third-order valence-corrected chi connectivity index (χ3v) is 9.01. The third-order valence-electron chi connectivity index (χ3n) is 5.86. The highest BCUT2D eigenvalue weighted by molar-refractivity contribution is 7.86. The van der Waals surface area contributed by atoms with E-state index < -0.39 is 10.1 Å². The van der Waals surface area contributed by atoms with Crippen LogP contribution in [0, 0.1) is 20.8 Å². The molecule has 1 heterocycles. The number of benzene rings is 3. The fraction of sp³-hybridized carbons (Fsp3) is 0.259. The Labute approximate surface area is 219 Å². The summed E-state index contributed by atoms with van der Waals surface area (Å²) in [5.41, 5.74) is 2.79. The molecule has 1 saturated carbocycles. The molecule has 1 aromatic heterocycles. The van der Waals surface area contributed by atoms with Gasteiger partial charge in [0.15, 0.2) is 0 Å². The molecule has 1 aliphatic rings. The zero-order valence-corrected chi connectivity index (χ0v) is 22.7. The Morgan fingerprint density at radius 1 is 0.946 bits per heavy atom. The van der Waals surface area contributed by atoms with Crippen molar-refractivity contribution in [3.05, 3.63) is 77.6 Å². The van der Waals surface area contributed by atoms with Gasteiger partial charge >= 0.3 is 0 Å². The number of fused-ring (bicyclic) bond motifs is 1. The van der Waals surface area contributed by atoms with Crippen LogP contribution in [0.15, 0.2) is 70.7 Å². The van der Waals surface area contributed by atoms with Crippen molar-refractivity contribution < 1.29 is 27.2 Å². The second kappa shape index (κ2) is 11.0. The molecule has 1 fully saturated rings. The number of hydrogen-bond acceptors (Lipinski definition) is 7. The van der Waals surface area contributed by atoms with E-state index in [9.17, 15) is 13.0 Å². The Morgan fingerprint density at radius 2 is 1.57 bits per heavy atom. The molecule has 37 heavy (non-hydrogen) atoms. The molecule has 5 rings (SSSR count). The molecular formula is C27H29N3O5S2. The van der Waals surface area contributed by atoms with Crippen molar-refractivity contribution in [1.82, 2.24) is 9.97 Å². The van der Waals surface area contributed by atoms with Gasteiger partial charge in [-0.3, -0.25) is 0 Å². The topological polar surface area (TPSA) is 127 Å². The summed E-state index contributed by atoms with van der Waals surface area (Å²) in [4.78, 5) is 9.62. The normalized spacial score (nSPS) is 14.0. The Hall–Kier alpha value is -3.34. The predicted molar refractivity (Wildman–Crippen MR) is 142 cm³/mol. The first-order valence-corrected chi connectivity index (χ1v) is 14.4. The molecule has 4 aromatic rings. The molecule has 1 unspecified atom stereocenters. The van der Waals surface area contributed by atoms with Gasteiger partial charge in [0.2, 0.25) is 5.88 Å². The maximum Gasteiger partial charge on any atom is 0.230 e. The van der Waals surface area contributed by atoms with E-state index in [0.29, 0.717) is 22.3 Å². The van der Waals surface area contributed by atoms with Gasteiger partial charge in [0.25, 0.3) is 0 Å². The molecule has 0 saturated heterocycles. The molecule has 194 valence electrons. The van der Waals surface area contributed by atoms with E-state index in [2.05, 4.69) is 9.97 Å². The smallest absolute Gasteiger partial charge is 0.230 e. The van der Waals surface area contributed by atoms with Crippen LogP contribution in [0.4, 0.5) is 0 Å². The Kier molecular flexibility index (Phi) is 7.91. The van der Waals surface area contributed by atoms with Gasteiger partial charge in [0, 0.05) is 6.07 Å². The summed E-state index contributed by atoms with van der Waals surface area (Å²) in [6.45, 7) is 5.12. The molecule has 0 bridgehead atoms. The minimum atomic E-state index is -4.33. The molecule has 0 radical (unpaired) electrons. The number of methoxy groups -OCH3 is 1. The predicted octanol–water partition coefficient (Wildman–Crippen LogP) is 4.03. The average Bonchev–Trinajstić information content (AvgIpc) is 3.68. The van der Waals surface area contributed by atoms with Crippen LogP contribution in [-0.2, 0) is 20.8 Å². The molecular weight excluding hydrogens is 510 g/mol. The van der Waals surface area contributed by atoms with Crippen LogP contribution < -0.4 is 14.3 Å². The maximum atomic E-state index is 10.8. The molecule has 8 nitrogen and oxygen atoms in total. The number of nitrogens with two attached hydrogens (primary N) is 1. The van der Waals surface area contributed by atoms with Gasteiger partial charge < -0.3 is 14.0 Å². The van der Waals surface area contributed by atoms with E-state index in [-0.39, 0.29) is 15.6 Å². The van der Waals surface area contributed by atoms with E-state index in [0.717, 1.165) is 28.0 Å². The molecule has 3 aromatic carbocycles. The number of ether oxygens (including phenoxy) is 2. The molecule has 1 aliphatic carbocycles. The third kappa shape index (κ3) is 6.51. The van der Waals surface area contributed by atoms with Gasteiger partial charge in [0.1, 0.15) is 27.9 Å². The minimum absolute atomic E-state index is 0.0851. The SMILES string of the molecule is COc1ccc2c(Oc3ccc(S(=[NH2+])C4CC4)cc3)ncnc2c1.Cc1cc(C)c(S(=O)(=O)[O-])c(C)c1. The first-order valence-electron chi connectivity index (χ1n) is 11.6. The number of rotatable bonds is 6. The number of aryl methyl sites for hydroxylation is 3. The van der Waals surface area contributed by atoms with Crippen LogP contribution in [0.2, 0.25) is 0 Å². The monoisotopic (exact) mass is 539 g/mol. The highest BCUT2D eigenvalue weighted by Gasteiger charge is 2.30. The van der Waals surface area contributed by atoms with Crippen LogP contribution >= 0.6 is 0 Å². The largest absolute Gasteiger partial charge is 0.744 e. The molecule has 0 amide bonds. The maximum absolute atomic E-state index is 10.8. The van der Waals surface area contributed by atoms with Crippen LogP contribution in [0.1, 0.15) is 29.5 Å². The number of aromatic nitrogens is 2. The lowest BCUT2D eigenvalue weighted by Crippen LogP contribution is -2.36. The molecule has 2 N–H and O–H groups in total. The number of nitrogens with zero attached hydrogens (tertiary/aromatic N) is 2. The van der Waals surface area contributed by atoms with Crippen molar-refractivity contribution >= 4 is 31.7 Å². The molecule has 1 atom stereocenters. The van der Waals surface area contributed by atoms with Crippen molar-refractivity contribution in [2.45, 2.75) is 48.7 Å². The second-order valence-electron chi connectivity index (χ2n) is 8.89. The van der Waals surface area contributed by atoms with Crippen molar-refractivity contribution in [3.8, 4) is 17.4 Å². The summed E-state index contributed by atoms with van der Waals surface area (Å²) in [6.07, 6.45) is 3.98. The van der Waals surface area contributed by atoms with Gasteiger partial charge in [-0.25, -0.2) is 23.2 Å². The fourth-order valence-electron chi connectivity index (χ4n) is 4.07. The van der Waals surface area contributed by atoms with Gasteiger partial charge in [-0.15, -0.1) is 0 Å². The molecule has 10 heteroatoms. The summed E-state index contributed by atoms with van der Waals surface area (Å²) < 4.78 is 49.9. The van der Waals surface area contributed by atoms with Crippen LogP contribution in [0.25, 0.3) is 10.9 Å². The summed E-state index contributed by atoms with van der Waals surface area (Å²) in [5, 5.41) is 1.51. The summed E-state index contributed by atoms with van der Waals surface area (Å²) >= 11 is 0. The van der Waals surface area contributed by atoms with Crippen LogP contribution in [-0.4, -0.2) is 35.3 Å². The van der Waals surface area contributed by atoms with Crippen molar-refractivity contribution in [3.63, 3.8) is 0 Å². The minimum Gasteiger partial charge on any atom is -0.744 e. The first kappa shape index (κ1) is 26.7. The first-order chi connectivity index (χ1) is 17.6. The average molecular weight is 540 g/mol. The molecule has 0 spiro atoms. The van der Waals surface area contributed by atoms with Crippen molar-refractivity contribution in [2.75, 3.05) is 7.11 Å². The van der Waals surface area contributed by atoms with E-state index in [1.807, 2.05) is 49.4 Å². The van der Waals surface area contributed by atoms with Gasteiger partial charge in [-0.05, 0) is 81.1 Å². The number of hydrogen-bond donors (Lipinski definition) is 1. The van der Waals surface area contributed by atoms with Crippen LogP contribution in [0.3, 0.4) is 0 Å². The van der Waals surface area contributed by atoms with Crippen molar-refractivity contribution in [1.29, 1.82) is 0 Å². The zero-order chi connectivity index (χ0) is 26.7. The van der Waals surface area contributed by atoms with E-state index in [1.165, 1.54) is 24.1 Å². The zero-order valence-electron chi connectivity index (χ0n) is 21.1.